The third-order valence-corrected chi connectivity index (χ3v) is 3.58. The van der Waals surface area contributed by atoms with Crippen LogP contribution in [0.1, 0.15) is 4.88 Å². The summed E-state index contributed by atoms with van der Waals surface area (Å²) in [7, 11) is 0. The molecule has 19 heavy (non-hydrogen) atoms. The molecule has 0 saturated heterocycles. The molecule has 0 aliphatic heterocycles. The van der Waals surface area contributed by atoms with E-state index in [-0.39, 0.29) is 0 Å². The molecule has 3 N–H and O–H groups in total. The lowest BCUT2D eigenvalue weighted by atomic mass is 10.3. The van der Waals surface area contributed by atoms with Gasteiger partial charge in [0.15, 0.2) is 5.82 Å². The van der Waals surface area contributed by atoms with Crippen LogP contribution >= 0.6 is 11.3 Å². The highest BCUT2D eigenvalue weighted by Gasteiger charge is 2.07. The quantitative estimate of drug-likeness (QED) is 0.758. The number of nitrogens with one attached hydrogen (secondary N) is 1. The molecule has 96 valence electrons. The molecule has 0 spiro atoms. The Labute approximate surface area is 113 Å². The molecule has 3 heterocycles. The number of hydrogen-bond donors (Lipinski definition) is 2. The molecule has 0 unspecified atom stereocenters. The third kappa shape index (κ3) is 2.41. The molecule has 0 aliphatic rings. The van der Waals surface area contributed by atoms with Gasteiger partial charge in [0.1, 0.15) is 12.7 Å². The minimum Gasteiger partial charge on any atom is -0.398 e. The molecule has 7 heteroatoms. The van der Waals surface area contributed by atoms with Crippen LogP contribution in [0.4, 0.5) is 11.4 Å². The van der Waals surface area contributed by atoms with Gasteiger partial charge in [-0.1, -0.05) is 0 Å². The van der Waals surface area contributed by atoms with Crippen LogP contribution in [0.15, 0.2) is 42.4 Å². The summed E-state index contributed by atoms with van der Waals surface area (Å²) in [6.07, 6.45) is 4.82. The number of hydrogen-bond acceptors (Lipinski definition) is 6. The number of aromatic nitrogens is 4. The predicted molar refractivity (Wildman–Crippen MR) is 75.2 cm³/mol. The van der Waals surface area contributed by atoms with Gasteiger partial charge in [-0.15, -0.1) is 11.3 Å². The Morgan fingerprint density at radius 1 is 1.37 bits per heavy atom. The maximum atomic E-state index is 5.86. The van der Waals surface area contributed by atoms with E-state index in [1.165, 1.54) is 6.33 Å². The summed E-state index contributed by atoms with van der Waals surface area (Å²) >= 11 is 1.63. The van der Waals surface area contributed by atoms with Gasteiger partial charge in [-0.3, -0.25) is 0 Å². The van der Waals surface area contributed by atoms with Crippen molar-refractivity contribution >= 4 is 22.7 Å². The molecule has 0 aliphatic carbocycles. The third-order valence-electron chi connectivity index (χ3n) is 2.64. The molecule has 0 bridgehead atoms. The van der Waals surface area contributed by atoms with E-state index in [1.54, 1.807) is 28.5 Å². The number of thiophene rings is 1. The fraction of sp³-hybridized carbons (Fsp3) is 0.0833. The van der Waals surface area contributed by atoms with Crippen molar-refractivity contribution < 1.29 is 0 Å². The van der Waals surface area contributed by atoms with Crippen LogP contribution in [0.5, 0.6) is 0 Å². The van der Waals surface area contributed by atoms with Crippen LogP contribution in [-0.2, 0) is 6.54 Å². The number of rotatable bonds is 4. The molecule has 0 radical (unpaired) electrons. The summed E-state index contributed by atoms with van der Waals surface area (Å²) in [6.45, 7) is 0.664. The molecular formula is C12H12N6S. The lowest BCUT2D eigenvalue weighted by molar-refractivity contribution is 0.845. The Morgan fingerprint density at radius 3 is 3.05 bits per heavy atom. The molecule has 3 rings (SSSR count). The van der Waals surface area contributed by atoms with E-state index in [1.807, 2.05) is 23.6 Å². The number of anilines is 2. The Hall–Kier alpha value is -2.41. The van der Waals surface area contributed by atoms with Crippen LogP contribution in [0.3, 0.4) is 0 Å². The number of nitrogens with two attached hydrogens (primary N) is 1. The number of nitrogen functional groups attached to an aromatic ring is 1. The zero-order valence-electron chi connectivity index (χ0n) is 10.0. The summed E-state index contributed by atoms with van der Waals surface area (Å²) in [4.78, 5) is 9.35. The van der Waals surface area contributed by atoms with Crippen LogP contribution in [0.25, 0.3) is 5.82 Å². The average Bonchev–Trinajstić information content (AvgIpc) is 3.08. The van der Waals surface area contributed by atoms with Crippen LogP contribution in [-0.4, -0.2) is 19.7 Å². The monoisotopic (exact) mass is 272 g/mol. The van der Waals surface area contributed by atoms with Crippen molar-refractivity contribution in [1.82, 2.24) is 19.7 Å². The molecule has 3 aromatic heterocycles. The standard InChI is InChI=1S/C12H12N6S/c13-9-3-5-19-11(9)6-16-10-2-1-4-15-12(10)18-8-14-7-17-18/h1-5,7-8,16H,6,13H2. The topological polar surface area (TPSA) is 81.6 Å². The second kappa shape index (κ2) is 5.07. The molecule has 0 fully saturated rings. The van der Waals surface area contributed by atoms with E-state index in [9.17, 15) is 0 Å². The van der Waals surface area contributed by atoms with E-state index in [0.29, 0.717) is 6.54 Å². The molecule has 6 nitrogen and oxygen atoms in total. The molecule has 0 aromatic carbocycles. The van der Waals surface area contributed by atoms with Crippen molar-refractivity contribution in [2.24, 2.45) is 0 Å². The number of nitrogens with zero attached hydrogens (tertiary/aromatic N) is 4. The Balaban J connectivity index is 1.84. The van der Waals surface area contributed by atoms with Gasteiger partial charge >= 0.3 is 0 Å². The zero-order chi connectivity index (χ0) is 13.1. The van der Waals surface area contributed by atoms with E-state index in [0.717, 1.165) is 22.1 Å². The van der Waals surface area contributed by atoms with Crippen molar-refractivity contribution in [2.45, 2.75) is 6.54 Å². The minimum atomic E-state index is 0.664. The van der Waals surface area contributed by atoms with Crippen LogP contribution in [0.2, 0.25) is 0 Å². The average molecular weight is 272 g/mol. The lowest BCUT2D eigenvalue weighted by Crippen LogP contribution is -2.06. The van der Waals surface area contributed by atoms with Gasteiger partial charge in [0.05, 0.1) is 12.2 Å². The largest absolute Gasteiger partial charge is 0.398 e. The van der Waals surface area contributed by atoms with E-state index in [4.69, 9.17) is 5.73 Å². The first-order chi connectivity index (χ1) is 9.34. The highest BCUT2D eigenvalue weighted by Crippen LogP contribution is 2.22. The van der Waals surface area contributed by atoms with E-state index in [2.05, 4.69) is 20.4 Å². The van der Waals surface area contributed by atoms with Crippen molar-refractivity contribution in [3.63, 3.8) is 0 Å². The summed E-state index contributed by atoms with van der Waals surface area (Å²) < 4.78 is 1.63. The second-order valence-electron chi connectivity index (χ2n) is 3.87. The normalized spacial score (nSPS) is 10.5. The first kappa shape index (κ1) is 11.7. The van der Waals surface area contributed by atoms with Crippen molar-refractivity contribution in [1.29, 1.82) is 0 Å². The molecule has 0 saturated carbocycles. The highest BCUT2D eigenvalue weighted by molar-refractivity contribution is 7.10. The minimum absolute atomic E-state index is 0.664. The molecule has 0 amide bonds. The van der Waals surface area contributed by atoms with Crippen molar-refractivity contribution in [2.75, 3.05) is 11.1 Å². The number of pyridine rings is 1. The van der Waals surface area contributed by atoms with Crippen molar-refractivity contribution in [3.8, 4) is 5.82 Å². The van der Waals surface area contributed by atoms with E-state index >= 15 is 0 Å². The Kier molecular flexibility index (Phi) is 3.11. The van der Waals surface area contributed by atoms with Gasteiger partial charge in [-0.25, -0.2) is 14.6 Å². The zero-order valence-corrected chi connectivity index (χ0v) is 10.8. The Bertz CT molecular complexity index is 660. The maximum absolute atomic E-state index is 5.86. The van der Waals surface area contributed by atoms with Gasteiger partial charge in [0.2, 0.25) is 0 Å². The van der Waals surface area contributed by atoms with Crippen LogP contribution in [0, 0.1) is 0 Å². The van der Waals surface area contributed by atoms with Gasteiger partial charge in [0.25, 0.3) is 0 Å². The molecular weight excluding hydrogens is 260 g/mol. The fourth-order valence-corrected chi connectivity index (χ4v) is 2.44. The molecule has 3 aromatic rings. The Morgan fingerprint density at radius 2 is 2.32 bits per heavy atom. The smallest absolute Gasteiger partial charge is 0.178 e. The maximum Gasteiger partial charge on any atom is 0.178 e. The highest BCUT2D eigenvalue weighted by atomic mass is 32.1. The van der Waals surface area contributed by atoms with Gasteiger partial charge in [-0.2, -0.15) is 5.10 Å². The van der Waals surface area contributed by atoms with Gasteiger partial charge < -0.3 is 11.1 Å². The SMILES string of the molecule is Nc1ccsc1CNc1cccnc1-n1cncn1. The van der Waals surface area contributed by atoms with Crippen LogP contribution < -0.4 is 11.1 Å². The second-order valence-corrected chi connectivity index (χ2v) is 4.87. The lowest BCUT2D eigenvalue weighted by Gasteiger charge is -2.10. The first-order valence-corrected chi connectivity index (χ1v) is 6.58. The summed E-state index contributed by atoms with van der Waals surface area (Å²) in [6, 6.07) is 5.73. The van der Waals surface area contributed by atoms with Gasteiger partial charge in [0, 0.05) is 16.8 Å². The van der Waals surface area contributed by atoms with Gasteiger partial charge in [-0.05, 0) is 23.6 Å². The molecule has 0 atom stereocenters. The van der Waals surface area contributed by atoms with E-state index < -0.39 is 0 Å². The summed E-state index contributed by atoms with van der Waals surface area (Å²) in [5, 5.41) is 9.39. The summed E-state index contributed by atoms with van der Waals surface area (Å²) in [5.41, 5.74) is 7.56. The first-order valence-electron chi connectivity index (χ1n) is 5.70. The summed E-state index contributed by atoms with van der Waals surface area (Å²) in [5.74, 6) is 0.718. The fourth-order valence-electron chi connectivity index (χ4n) is 1.70. The predicted octanol–water partition coefficient (Wildman–Crippen LogP) is 1.92. The van der Waals surface area contributed by atoms with Crippen molar-refractivity contribution in [3.05, 3.63) is 47.3 Å².